The van der Waals surface area contributed by atoms with Crippen LogP contribution in [-0.4, -0.2) is 56.6 Å². The van der Waals surface area contributed by atoms with Crippen LogP contribution in [0, 0.1) is 0 Å². The van der Waals surface area contributed by atoms with E-state index in [9.17, 15) is 18.0 Å². The van der Waals surface area contributed by atoms with E-state index in [2.05, 4.69) is 5.32 Å². The van der Waals surface area contributed by atoms with Crippen LogP contribution in [0.2, 0.25) is 0 Å². The van der Waals surface area contributed by atoms with E-state index in [0.29, 0.717) is 23.6 Å². The summed E-state index contributed by atoms with van der Waals surface area (Å²) in [7, 11) is -3.81. The number of benzene rings is 3. The number of carbonyl (C=O) groups excluding carboxylic acids is 2. The van der Waals surface area contributed by atoms with Gasteiger partial charge in [0.1, 0.15) is 24.1 Å². The fourth-order valence-electron chi connectivity index (χ4n) is 3.95. The van der Waals surface area contributed by atoms with Crippen LogP contribution in [0.5, 0.6) is 11.5 Å². The Kier molecular flexibility index (Phi) is 10.5. The van der Waals surface area contributed by atoms with Crippen molar-refractivity contribution in [2.75, 3.05) is 23.7 Å². The first-order valence-corrected chi connectivity index (χ1v) is 14.9. The minimum absolute atomic E-state index is 0.0461. The molecule has 8 nitrogen and oxygen atoms in total. The Balaban J connectivity index is 1.81. The third-order valence-electron chi connectivity index (χ3n) is 6.44. The van der Waals surface area contributed by atoms with E-state index in [0.717, 1.165) is 22.5 Å². The minimum Gasteiger partial charge on any atom is -0.457 e. The highest BCUT2D eigenvalue weighted by Gasteiger charge is 2.30. The van der Waals surface area contributed by atoms with Crippen LogP contribution in [0.1, 0.15) is 32.8 Å². The van der Waals surface area contributed by atoms with Crippen molar-refractivity contribution < 1.29 is 22.7 Å². The molecule has 0 saturated heterocycles. The SMILES string of the molecule is CC[C@H](C)NC(=O)[C@H](C)N(CCc1ccccc1)C(=O)CN(c1ccc(Oc2ccccc2)cc1)S(C)(=O)=O. The Bertz CT molecular complexity index is 1320. The molecule has 2 atom stereocenters. The highest BCUT2D eigenvalue weighted by Crippen LogP contribution is 2.25. The zero-order valence-corrected chi connectivity index (χ0v) is 23.7. The standard InChI is InChI=1S/C30H37N3O5S/c1-5-23(2)31-30(35)24(3)32(21-20-25-12-8-6-9-13-25)29(34)22-33(39(4,36)37)26-16-18-28(19-17-26)38-27-14-10-7-11-15-27/h6-19,23-24H,5,20-22H2,1-4H3,(H,31,35)/t23-,24-/m0/s1. The molecule has 3 aromatic carbocycles. The third kappa shape index (κ3) is 8.85. The van der Waals surface area contributed by atoms with Gasteiger partial charge in [0.2, 0.25) is 21.8 Å². The average molecular weight is 552 g/mol. The van der Waals surface area contributed by atoms with Crippen molar-refractivity contribution >= 4 is 27.5 Å². The number of hydrogen-bond acceptors (Lipinski definition) is 5. The Hall–Kier alpha value is -3.85. The van der Waals surface area contributed by atoms with Crippen LogP contribution in [0.4, 0.5) is 5.69 Å². The van der Waals surface area contributed by atoms with Crippen LogP contribution >= 0.6 is 0 Å². The second kappa shape index (κ2) is 13.8. The molecule has 0 aliphatic carbocycles. The van der Waals surface area contributed by atoms with Gasteiger partial charge in [-0.25, -0.2) is 8.42 Å². The smallest absolute Gasteiger partial charge is 0.244 e. The predicted octanol–water partition coefficient (Wildman–Crippen LogP) is 4.62. The van der Waals surface area contributed by atoms with Gasteiger partial charge in [-0.05, 0) is 68.7 Å². The Morgan fingerprint density at radius 3 is 2.00 bits per heavy atom. The molecule has 0 radical (unpaired) electrons. The lowest BCUT2D eigenvalue weighted by molar-refractivity contribution is -0.139. The molecular weight excluding hydrogens is 514 g/mol. The van der Waals surface area contributed by atoms with Crippen LogP contribution in [0.15, 0.2) is 84.9 Å². The Labute approximate surface area is 231 Å². The summed E-state index contributed by atoms with van der Waals surface area (Å²) in [5.41, 5.74) is 1.34. The lowest BCUT2D eigenvalue weighted by Crippen LogP contribution is -2.53. The molecule has 2 amide bonds. The van der Waals surface area contributed by atoms with Gasteiger partial charge in [0.15, 0.2) is 0 Å². The summed E-state index contributed by atoms with van der Waals surface area (Å²) in [5.74, 6) is 0.440. The van der Waals surface area contributed by atoms with Gasteiger partial charge in [-0.15, -0.1) is 0 Å². The molecule has 0 saturated carbocycles. The van der Waals surface area contributed by atoms with Crippen LogP contribution < -0.4 is 14.4 Å². The summed E-state index contributed by atoms with van der Waals surface area (Å²) < 4.78 is 32.4. The first kappa shape index (κ1) is 29.7. The van der Waals surface area contributed by atoms with E-state index < -0.39 is 28.5 Å². The van der Waals surface area contributed by atoms with Gasteiger partial charge >= 0.3 is 0 Å². The molecule has 1 N–H and O–H groups in total. The van der Waals surface area contributed by atoms with Crippen molar-refractivity contribution in [1.82, 2.24) is 10.2 Å². The van der Waals surface area contributed by atoms with Gasteiger partial charge in [-0.1, -0.05) is 55.5 Å². The number of carbonyl (C=O) groups is 2. The van der Waals surface area contributed by atoms with Gasteiger partial charge in [-0.2, -0.15) is 0 Å². The molecule has 0 unspecified atom stereocenters. The van der Waals surface area contributed by atoms with Gasteiger partial charge in [0.05, 0.1) is 11.9 Å². The quantitative estimate of drug-likeness (QED) is 0.335. The number of nitrogens with zero attached hydrogens (tertiary/aromatic N) is 2. The second-order valence-corrected chi connectivity index (χ2v) is 11.4. The summed E-state index contributed by atoms with van der Waals surface area (Å²) in [4.78, 5) is 28.0. The number of rotatable bonds is 13. The molecule has 3 aromatic rings. The number of hydrogen-bond donors (Lipinski definition) is 1. The van der Waals surface area contributed by atoms with E-state index in [1.54, 1.807) is 31.2 Å². The number of ether oxygens (including phenoxy) is 1. The topological polar surface area (TPSA) is 96.0 Å². The molecule has 0 spiro atoms. The maximum Gasteiger partial charge on any atom is 0.244 e. The second-order valence-electron chi connectivity index (χ2n) is 9.50. The third-order valence-corrected chi connectivity index (χ3v) is 7.58. The minimum atomic E-state index is -3.81. The number of amides is 2. The maximum atomic E-state index is 13.6. The van der Waals surface area contributed by atoms with Crippen LogP contribution in [0.25, 0.3) is 0 Å². The van der Waals surface area contributed by atoms with Gasteiger partial charge < -0.3 is 15.0 Å². The van der Waals surface area contributed by atoms with Crippen molar-refractivity contribution in [3.8, 4) is 11.5 Å². The molecule has 0 fully saturated rings. The fourth-order valence-corrected chi connectivity index (χ4v) is 4.80. The summed E-state index contributed by atoms with van der Waals surface area (Å²) in [6.07, 6.45) is 2.34. The molecule has 0 aliphatic heterocycles. The van der Waals surface area contributed by atoms with Crippen LogP contribution in [-0.2, 0) is 26.0 Å². The molecule has 0 aromatic heterocycles. The largest absolute Gasteiger partial charge is 0.457 e. The Morgan fingerprint density at radius 2 is 1.44 bits per heavy atom. The number of nitrogens with one attached hydrogen (secondary N) is 1. The normalized spacial score (nSPS) is 12.7. The summed E-state index contributed by atoms with van der Waals surface area (Å²) in [6, 6.07) is 24.5. The van der Waals surface area contributed by atoms with Crippen molar-refractivity contribution in [1.29, 1.82) is 0 Å². The fraction of sp³-hybridized carbons (Fsp3) is 0.333. The molecule has 0 aliphatic rings. The summed E-state index contributed by atoms with van der Waals surface area (Å²) >= 11 is 0. The van der Waals surface area contributed by atoms with E-state index in [4.69, 9.17) is 4.74 Å². The average Bonchev–Trinajstić information content (AvgIpc) is 2.92. The van der Waals surface area contributed by atoms with Gasteiger partial charge in [0.25, 0.3) is 0 Å². The lowest BCUT2D eigenvalue weighted by atomic mass is 10.1. The molecule has 3 rings (SSSR count). The molecule has 39 heavy (non-hydrogen) atoms. The zero-order chi connectivity index (χ0) is 28.4. The molecular formula is C30H37N3O5S. The van der Waals surface area contributed by atoms with E-state index in [1.165, 1.54) is 4.90 Å². The summed E-state index contributed by atoms with van der Waals surface area (Å²) in [6.45, 7) is 5.36. The highest BCUT2D eigenvalue weighted by atomic mass is 32.2. The molecule has 0 bridgehead atoms. The van der Waals surface area contributed by atoms with Crippen LogP contribution in [0.3, 0.4) is 0 Å². The summed E-state index contributed by atoms with van der Waals surface area (Å²) in [5, 5.41) is 2.93. The molecule has 9 heteroatoms. The zero-order valence-electron chi connectivity index (χ0n) is 22.9. The van der Waals surface area contributed by atoms with E-state index in [1.807, 2.05) is 74.5 Å². The molecule has 0 heterocycles. The van der Waals surface area contributed by atoms with E-state index in [-0.39, 0.29) is 18.5 Å². The number of sulfonamides is 1. The van der Waals surface area contributed by atoms with Crippen molar-refractivity contribution in [3.05, 3.63) is 90.5 Å². The first-order valence-electron chi connectivity index (χ1n) is 13.0. The van der Waals surface area contributed by atoms with Crippen molar-refractivity contribution in [2.45, 2.75) is 45.7 Å². The van der Waals surface area contributed by atoms with E-state index >= 15 is 0 Å². The first-order chi connectivity index (χ1) is 18.6. The van der Waals surface area contributed by atoms with Gasteiger partial charge in [0, 0.05) is 12.6 Å². The highest BCUT2D eigenvalue weighted by molar-refractivity contribution is 7.92. The number of anilines is 1. The monoisotopic (exact) mass is 551 g/mol. The lowest BCUT2D eigenvalue weighted by Gasteiger charge is -2.32. The molecule has 208 valence electrons. The maximum absolute atomic E-state index is 13.6. The predicted molar refractivity (Wildman–Crippen MR) is 154 cm³/mol. The number of para-hydroxylation sites is 1. The van der Waals surface area contributed by atoms with Gasteiger partial charge in [-0.3, -0.25) is 13.9 Å². The van der Waals surface area contributed by atoms with Crippen molar-refractivity contribution in [2.24, 2.45) is 0 Å². The van der Waals surface area contributed by atoms with Crippen molar-refractivity contribution in [3.63, 3.8) is 0 Å². The Morgan fingerprint density at radius 1 is 0.872 bits per heavy atom.